The number of aromatic nitrogens is 1. The quantitative estimate of drug-likeness (QED) is 0.835. The number of rotatable bonds is 5. The smallest absolute Gasteiger partial charge is 0.243 e. The van der Waals surface area contributed by atoms with Crippen LogP contribution in [-0.4, -0.2) is 31.5 Å². The van der Waals surface area contributed by atoms with Gasteiger partial charge in [0.05, 0.1) is 0 Å². The number of halogens is 1. The summed E-state index contributed by atoms with van der Waals surface area (Å²) in [5, 5.41) is -0.00801. The molecule has 90 valence electrons. The summed E-state index contributed by atoms with van der Waals surface area (Å²) in [5.74, 6) is 0.705. The molecule has 0 spiro atoms. The van der Waals surface area contributed by atoms with Crippen molar-refractivity contribution in [3.05, 3.63) is 23.5 Å². The van der Waals surface area contributed by atoms with Crippen LogP contribution in [0.15, 0.2) is 23.2 Å². The fourth-order valence-electron chi connectivity index (χ4n) is 1.18. The summed E-state index contributed by atoms with van der Waals surface area (Å²) in [4.78, 5) is 3.76. The van der Waals surface area contributed by atoms with Gasteiger partial charge in [-0.1, -0.05) is 11.6 Å². The van der Waals surface area contributed by atoms with Crippen molar-refractivity contribution in [2.75, 3.05) is 12.0 Å². The third kappa shape index (κ3) is 3.62. The van der Waals surface area contributed by atoms with Crippen LogP contribution in [0.1, 0.15) is 6.92 Å². The van der Waals surface area contributed by atoms with Crippen LogP contribution in [-0.2, 0) is 10.0 Å². The maximum absolute atomic E-state index is 11.9. The van der Waals surface area contributed by atoms with Crippen molar-refractivity contribution in [3.8, 4) is 0 Å². The minimum atomic E-state index is -3.57. The van der Waals surface area contributed by atoms with Gasteiger partial charge in [0.25, 0.3) is 0 Å². The van der Waals surface area contributed by atoms with E-state index in [1.165, 1.54) is 12.3 Å². The van der Waals surface area contributed by atoms with Gasteiger partial charge in [0.2, 0.25) is 10.0 Å². The Morgan fingerprint density at radius 3 is 2.88 bits per heavy atom. The predicted molar refractivity (Wildman–Crippen MR) is 67.4 cm³/mol. The van der Waals surface area contributed by atoms with E-state index in [1.807, 2.05) is 6.26 Å². The van der Waals surface area contributed by atoms with Gasteiger partial charge >= 0.3 is 0 Å². The second kappa shape index (κ2) is 5.86. The van der Waals surface area contributed by atoms with Crippen LogP contribution >= 0.6 is 23.4 Å². The van der Waals surface area contributed by atoms with Gasteiger partial charge in [-0.25, -0.2) is 18.1 Å². The van der Waals surface area contributed by atoms with E-state index in [-0.39, 0.29) is 16.1 Å². The van der Waals surface area contributed by atoms with E-state index < -0.39 is 10.0 Å². The van der Waals surface area contributed by atoms with Crippen molar-refractivity contribution in [1.82, 2.24) is 9.71 Å². The lowest BCUT2D eigenvalue weighted by Crippen LogP contribution is -2.34. The van der Waals surface area contributed by atoms with Crippen LogP contribution in [0.2, 0.25) is 5.15 Å². The van der Waals surface area contributed by atoms with Gasteiger partial charge in [-0.3, -0.25) is 0 Å². The Hall–Kier alpha value is -0.300. The van der Waals surface area contributed by atoms with E-state index in [4.69, 9.17) is 11.6 Å². The molecule has 1 N–H and O–H groups in total. The highest BCUT2D eigenvalue weighted by molar-refractivity contribution is 7.98. The molecule has 0 radical (unpaired) electrons. The van der Waals surface area contributed by atoms with Crippen LogP contribution in [0.25, 0.3) is 0 Å². The molecule has 0 amide bonds. The Morgan fingerprint density at radius 2 is 2.31 bits per heavy atom. The number of pyridine rings is 1. The second-order valence-corrected chi connectivity index (χ2v) is 6.22. The molecule has 0 aliphatic carbocycles. The Balaban J connectivity index is 2.91. The fourth-order valence-corrected chi connectivity index (χ4v) is 3.57. The lowest BCUT2D eigenvalue weighted by Gasteiger charge is -2.13. The lowest BCUT2D eigenvalue weighted by molar-refractivity contribution is 0.571. The molecule has 0 aromatic carbocycles. The third-order valence-corrected chi connectivity index (χ3v) is 4.66. The van der Waals surface area contributed by atoms with Crippen molar-refractivity contribution >= 4 is 33.4 Å². The summed E-state index contributed by atoms with van der Waals surface area (Å²) < 4.78 is 26.3. The molecular weight excluding hydrogens is 268 g/mol. The highest BCUT2D eigenvalue weighted by Gasteiger charge is 2.20. The van der Waals surface area contributed by atoms with Gasteiger partial charge in [-0.05, 0) is 25.3 Å². The van der Waals surface area contributed by atoms with Gasteiger partial charge in [0, 0.05) is 18.0 Å². The van der Waals surface area contributed by atoms with Crippen molar-refractivity contribution in [1.29, 1.82) is 0 Å². The van der Waals surface area contributed by atoms with E-state index in [1.54, 1.807) is 24.8 Å². The third-order valence-electron chi connectivity index (χ3n) is 1.79. The fraction of sp³-hybridized carbons (Fsp3) is 0.444. The number of sulfonamides is 1. The van der Waals surface area contributed by atoms with Crippen LogP contribution in [0.4, 0.5) is 0 Å². The Kier molecular flexibility index (Phi) is 5.04. The summed E-state index contributed by atoms with van der Waals surface area (Å²) in [6.45, 7) is 1.80. The van der Waals surface area contributed by atoms with Crippen LogP contribution in [0.5, 0.6) is 0 Å². The highest BCUT2D eigenvalue weighted by Crippen LogP contribution is 2.18. The van der Waals surface area contributed by atoms with Gasteiger partial charge < -0.3 is 0 Å². The van der Waals surface area contributed by atoms with Gasteiger partial charge in [0.1, 0.15) is 10.0 Å². The molecule has 7 heteroatoms. The first-order valence-electron chi connectivity index (χ1n) is 4.59. The van der Waals surface area contributed by atoms with E-state index in [9.17, 15) is 8.42 Å². The molecule has 1 atom stereocenters. The summed E-state index contributed by atoms with van der Waals surface area (Å²) in [5.41, 5.74) is 0. The molecule has 0 aliphatic rings. The number of nitrogens with one attached hydrogen (secondary N) is 1. The molecule has 0 saturated carbocycles. The summed E-state index contributed by atoms with van der Waals surface area (Å²) >= 11 is 7.31. The molecule has 1 unspecified atom stereocenters. The molecular formula is C9H13ClN2O2S2. The summed E-state index contributed by atoms with van der Waals surface area (Å²) in [6.07, 6.45) is 3.37. The first-order chi connectivity index (χ1) is 7.47. The molecule has 0 saturated heterocycles. The molecule has 1 rings (SSSR count). The molecule has 0 fully saturated rings. The molecule has 4 nitrogen and oxygen atoms in total. The minimum Gasteiger partial charge on any atom is -0.243 e. The Bertz CT molecular complexity index is 451. The van der Waals surface area contributed by atoms with Gasteiger partial charge in [-0.2, -0.15) is 11.8 Å². The van der Waals surface area contributed by atoms with Crippen LogP contribution in [0, 0.1) is 0 Å². The lowest BCUT2D eigenvalue weighted by atomic mass is 10.4. The zero-order chi connectivity index (χ0) is 12.2. The maximum Gasteiger partial charge on any atom is 0.243 e. The number of nitrogens with zero attached hydrogens (tertiary/aromatic N) is 1. The first kappa shape index (κ1) is 13.8. The number of hydrogen-bond donors (Lipinski definition) is 1. The zero-order valence-corrected chi connectivity index (χ0v) is 11.4. The predicted octanol–water partition coefficient (Wildman–Crippen LogP) is 1.76. The summed E-state index contributed by atoms with van der Waals surface area (Å²) in [7, 11) is -3.57. The zero-order valence-electron chi connectivity index (χ0n) is 8.97. The van der Waals surface area contributed by atoms with Crippen LogP contribution in [0.3, 0.4) is 0 Å². The van der Waals surface area contributed by atoms with Crippen molar-refractivity contribution in [2.45, 2.75) is 17.9 Å². The Labute approximate surface area is 105 Å². The van der Waals surface area contributed by atoms with Crippen LogP contribution < -0.4 is 4.72 Å². The topological polar surface area (TPSA) is 59.1 Å². The normalized spacial score (nSPS) is 13.7. The first-order valence-corrected chi connectivity index (χ1v) is 7.84. The van der Waals surface area contributed by atoms with Crippen molar-refractivity contribution in [3.63, 3.8) is 0 Å². The molecule has 16 heavy (non-hydrogen) atoms. The molecule has 1 aromatic heterocycles. The highest BCUT2D eigenvalue weighted by atomic mass is 35.5. The van der Waals surface area contributed by atoms with E-state index in [0.717, 1.165) is 0 Å². The second-order valence-electron chi connectivity index (χ2n) is 3.27. The number of hydrogen-bond acceptors (Lipinski definition) is 4. The summed E-state index contributed by atoms with van der Waals surface area (Å²) in [6, 6.07) is 2.83. The van der Waals surface area contributed by atoms with Crippen molar-refractivity contribution < 1.29 is 8.42 Å². The van der Waals surface area contributed by atoms with Crippen molar-refractivity contribution in [2.24, 2.45) is 0 Å². The van der Waals surface area contributed by atoms with E-state index >= 15 is 0 Å². The minimum absolute atomic E-state index is 0.00801. The Morgan fingerprint density at radius 1 is 1.62 bits per heavy atom. The average Bonchev–Trinajstić information content (AvgIpc) is 2.17. The molecule has 0 aliphatic heterocycles. The molecule has 1 heterocycles. The average molecular weight is 281 g/mol. The number of thioether (sulfide) groups is 1. The SMILES string of the molecule is CSCC(C)NS(=O)(=O)c1cccnc1Cl. The molecule has 0 bridgehead atoms. The van der Waals surface area contributed by atoms with Gasteiger partial charge in [0.15, 0.2) is 0 Å². The molecule has 1 aromatic rings. The standard InChI is InChI=1S/C9H13ClN2O2S2/c1-7(6-15-2)12-16(13,14)8-4-3-5-11-9(8)10/h3-5,7,12H,6H2,1-2H3. The van der Waals surface area contributed by atoms with E-state index in [0.29, 0.717) is 5.75 Å². The van der Waals surface area contributed by atoms with E-state index in [2.05, 4.69) is 9.71 Å². The maximum atomic E-state index is 11.9. The monoisotopic (exact) mass is 280 g/mol. The largest absolute Gasteiger partial charge is 0.243 e. The van der Waals surface area contributed by atoms with Gasteiger partial charge in [-0.15, -0.1) is 0 Å².